The van der Waals surface area contributed by atoms with Gasteiger partial charge in [0.1, 0.15) is 12.4 Å². The molecule has 0 fully saturated rings. The first-order valence-electron chi connectivity index (χ1n) is 8.50. The standard InChI is InChI=1S/C19H20ClN5O2S/c1-12-7-8-16(13(2)9-12)27-10-17-23-24-19(25(17)21)28-11-18(26)22-15-6-4-3-5-14(15)20/h3-9H,10-11,21H2,1-2H3,(H,22,26). The Hall–Kier alpha value is -2.71. The van der Waals surface area contributed by atoms with E-state index in [0.717, 1.165) is 11.3 Å². The molecular formula is C19H20ClN5O2S. The fourth-order valence-corrected chi connectivity index (χ4v) is 3.34. The minimum atomic E-state index is -0.214. The van der Waals surface area contributed by atoms with Crippen molar-refractivity contribution in [2.75, 3.05) is 16.9 Å². The largest absolute Gasteiger partial charge is 0.485 e. The van der Waals surface area contributed by atoms with Crippen molar-refractivity contribution in [3.63, 3.8) is 0 Å². The Morgan fingerprint density at radius 2 is 2.04 bits per heavy atom. The molecule has 3 aromatic rings. The summed E-state index contributed by atoms with van der Waals surface area (Å²) < 4.78 is 7.11. The number of nitrogens with zero attached hydrogens (tertiary/aromatic N) is 3. The molecule has 0 radical (unpaired) electrons. The number of nitrogens with one attached hydrogen (secondary N) is 1. The van der Waals surface area contributed by atoms with Gasteiger partial charge >= 0.3 is 0 Å². The van der Waals surface area contributed by atoms with Crippen LogP contribution in [0.4, 0.5) is 5.69 Å². The SMILES string of the molecule is Cc1ccc(OCc2nnc(SCC(=O)Nc3ccccc3Cl)n2N)c(C)c1. The molecule has 0 unspecified atom stereocenters. The van der Waals surface area contributed by atoms with E-state index in [1.54, 1.807) is 24.3 Å². The lowest BCUT2D eigenvalue weighted by Crippen LogP contribution is -2.18. The van der Waals surface area contributed by atoms with Crippen LogP contribution in [0, 0.1) is 13.8 Å². The summed E-state index contributed by atoms with van der Waals surface area (Å²) in [5.74, 6) is 7.17. The highest BCUT2D eigenvalue weighted by Crippen LogP contribution is 2.22. The van der Waals surface area contributed by atoms with Gasteiger partial charge < -0.3 is 15.9 Å². The van der Waals surface area contributed by atoms with E-state index in [2.05, 4.69) is 15.5 Å². The van der Waals surface area contributed by atoms with E-state index < -0.39 is 0 Å². The zero-order chi connectivity index (χ0) is 20.1. The zero-order valence-corrected chi connectivity index (χ0v) is 17.0. The normalized spacial score (nSPS) is 10.7. The van der Waals surface area contributed by atoms with Crippen molar-refractivity contribution in [2.24, 2.45) is 0 Å². The molecule has 0 aliphatic rings. The van der Waals surface area contributed by atoms with Crippen LogP contribution >= 0.6 is 23.4 Å². The van der Waals surface area contributed by atoms with E-state index in [-0.39, 0.29) is 18.3 Å². The van der Waals surface area contributed by atoms with E-state index in [1.807, 2.05) is 32.0 Å². The lowest BCUT2D eigenvalue weighted by molar-refractivity contribution is -0.113. The lowest BCUT2D eigenvalue weighted by Gasteiger charge is -2.09. The number of aryl methyl sites for hydroxylation is 2. The van der Waals surface area contributed by atoms with Gasteiger partial charge in [0.2, 0.25) is 11.1 Å². The molecule has 28 heavy (non-hydrogen) atoms. The molecule has 3 rings (SSSR count). The van der Waals surface area contributed by atoms with Crippen LogP contribution in [0.2, 0.25) is 5.02 Å². The quantitative estimate of drug-likeness (QED) is 0.450. The summed E-state index contributed by atoms with van der Waals surface area (Å²) in [7, 11) is 0. The molecule has 0 saturated heterocycles. The molecule has 1 amide bonds. The Morgan fingerprint density at radius 3 is 2.79 bits per heavy atom. The summed E-state index contributed by atoms with van der Waals surface area (Å²) >= 11 is 7.22. The molecule has 3 N–H and O–H groups in total. The molecule has 1 aromatic heterocycles. The van der Waals surface area contributed by atoms with Gasteiger partial charge in [0.05, 0.1) is 16.5 Å². The highest BCUT2D eigenvalue weighted by atomic mass is 35.5. The van der Waals surface area contributed by atoms with Crippen LogP contribution in [0.3, 0.4) is 0 Å². The molecule has 0 aliphatic carbocycles. The van der Waals surface area contributed by atoms with Crippen molar-refractivity contribution in [2.45, 2.75) is 25.6 Å². The second-order valence-corrected chi connectivity index (χ2v) is 7.49. The third kappa shape index (κ3) is 4.96. The average Bonchev–Trinajstić information content (AvgIpc) is 3.01. The van der Waals surface area contributed by atoms with Gasteiger partial charge in [0.15, 0.2) is 5.82 Å². The molecule has 0 spiro atoms. The summed E-state index contributed by atoms with van der Waals surface area (Å²) in [5, 5.41) is 11.7. The maximum absolute atomic E-state index is 12.1. The Labute approximate surface area is 172 Å². The Bertz CT molecular complexity index is 992. The number of carbonyl (C=O) groups excluding carboxylic acids is 1. The van der Waals surface area contributed by atoms with Crippen molar-refractivity contribution < 1.29 is 9.53 Å². The number of rotatable bonds is 7. The minimum Gasteiger partial charge on any atom is -0.485 e. The van der Waals surface area contributed by atoms with Gasteiger partial charge in [-0.1, -0.05) is 53.2 Å². The highest BCUT2D eigenvalue weighted by molar-refractivity contribution is 7.99. The maximum atomic E-state index is 12.1. The van der Waals surface area contributed by atoms with E-state index in [1.165, 1.54) is 22.0 Å². The summed E-state index contributed by atoms with van der Waals surface area (Å²) in [5.41, 5.74) is 2.76. The van der Waals surface area contributed by atoms with Crippen LogP contribution in [0.1, 0.15) is 17.0 Å². The number of hydrogen-bond acceptors (Lipinski definition) is 6. The first-order chi connectivity index (χ1) is 13.4. The van der Waals surface area contributed by atoms with Gasteiger partial charge in [-0.2, -0.15) is 0 Å². The summed E-state index contributed by atoms with van der Waals surface area (Å²) in [6, 6.07) is 13.0. The Kier molecular flexibility index (Phi) is 6.43. The Balaban J connectivity index is 1.55. The number of carbonyl (C=O) groups is 1. The van der Waals surface area contributed by atoms with Crippen LogP contribution in [0.5, 0.6) is 5.75 Å². The lowest BCUT2D eigenvalue weighted by atomic mass is 10.1. The number of para-hydroxylation sites is 1. The highest BCUT2D eigenvalue weighted by Gasteiger charge is 2.14. The van der Waals surface area contributed by atoms with Crippen molar-refractivity contribution in [1.29, 1.82) is 0 Å². The Morgan fingerprint density at radius 1 is 1.25 bits per heavy atom. The molecule has 1 heterocycles. The molecule has 146 valence electrons. The van der Waals surface area contributed by atoms with Crippen LogP contribution in [-0.2, 0) is 11.4 Å². The van der Waals surface area contributed by atoms with E-state index in [9.17, 15) is 4.79 Å². The number of benzene rings is 2. The maximum Gasteiger partial charge on any atom is 0.234 e. The number of halogens is 1. The van der Waals surface area contributed by atoms with Gasteiger partial charge in [-0.05, 0) is 37.6 Å². The molecule has 2 aromatic carbocycles. The van der Waals surface area contributed by atoms with Crippen molar-refractivity contribution >= 4 is 35.0 Å². The third-order valence-corrected chi connectivity index (χ3v) is 5.18. The van der Waals surface area contributed by atoms with Crippen LogP contribution in [0.15, 0.2) is 47.6 Å². The summed E-state index contributed by atoms with van der Waals surface area (Å²) in [6.45, 7) is 4.19. The van der Waals surface area contributed by atoms with Crippen molar-refractivity contribution in [3.05, 3.63) is 64.4 Å². The molecule has 0 saturated carbocycles. The molecule has 9 heteroatoms. The second kappa shape index (κ2) is 8.99. The number of ether oxygens (including phenoxy) is 1. The number of hydrogen-bond donors (Lipinski definition) is 2. The van der Waals surface area contributed by atoms with E-state index in [0.29, 0.717) is 21.7 Å². The molecular weight excluding hydrogens is 398 g/mol. The van der Waals surface area contributed by atoms with Crippen LogP contribution in [-0.4, -0.2) is 26.5 Å². The van der Waals surface area contributed by atoms with Gasteiger partial charge in [-0.15, -0.1) is 10.2 Å². The predicted octanol–water partition coefficient (Wildman–Crippen LogP) is 3.57. The van der Waals surface area contributed by atoms with E-state index >= 15 is 0 Å². The van der Waals surface area contributed by atoms with Crippen LogP contribution < -0.4 is 15.9 Å². The number of amides is 1. The molecule has 7 nitrogen and oxygen atoms in total. The number of nitrogens with two attached hydrogens (primary N) is 1. The van der Waals surface area contributed by atoms with Crippen molar-refractivity contribution in [1.82, 2.24) is 14.9 Å². The molecule has 0 bridgehead atoms. The van der Waals surface area contributed by atoms with Gasteiger partial charge in [-0.25, -0.2) is 4.68 Å². The summed E-state index contributed by atoms with van der Waals surface area (Å²) in [4.78, 5) is 12.1. The minimum absolute atomic E-state index is 0.123. The van der Waals surface area contributed by atoms with Crippen molar-refractivity contribution in [3.8, 4) is 5.75 Å². The fraction of sp³-hybridized carbons (Fsp3) is 0.211. The molecule has 0 atom stereocenters. The first kappa shape index (κ1) is 20.0. The van der Waals surface area contributed by atoms with Gasteiger partial charge in [0.25, 0.3) is 0 Å². The van der Waals surface area contributed by atoms with Crippen LogP contribution in [0.25, 0.3) is 0 Å². The number of nitrogen functional groups attached to an aromatic ring is 1. The van der Waals surface area contributed by atoms with E-state index in [4.69, 9.17) is 22.2 Å². The van der Waals surface area contributed by atoms with Gasteiger partial charge in [0, 0.05) is 0 Å². The smallest absolute Gasteiger partial charge is 0.234 e. The first-order valence-corrected chi connectivity index (χ1v) is 9.87. The average molecular weight is 418 g/mol. The van der Waals surface area contributed by atoms with Gasteiger partial charge in [-0.3, -0.25) is 4.79 Å². The third-order valence-electron chi connectivity index (χ3n) is 3.90. The molecule has 0 aliphatic heterocycles. The second-order valence-electron chi connectivity index (χ2n) is 6.14. The summed E-state index contributed by atoms with van der Waals surface area (Å²) in [6.07, 6.45) is 0. The number of anilines is 1. The monoisotopic (exact) mass is 417 g/mol. The number of aromatic nitrogens is 3. The zero-order valence-electron chi connectivity index (χ0n) is 15.5. The number of thioether (sulfide) groups is 1. The topological polar surface area (TPSA) is 95.1 Å². The predicted molar refractivity (Wildman–Crippen MR) is 111 cm³/mol. The fourth-order valence-electron chi connectivity index (χ4n) is 2.49.